The van der Waals surface area contributed by atoms with E-state index in [0.29, 0.717) is 19.3 Å². The zero-order valence-electron chi connectivity index (χ0n) is 21.1. The second-order valence-corrected chi connectivity index (χ2v) is 9.93. The number of anilines is 1. The first kappa shape index (κ1) is 24.2. The van der Waals surface area contributed by atoms with Crippen LogP contribution in [0.5, 0.6) is 5.75 Å². The van der Waals surface area contributed by atoms with Crippen molar-refractivity contribution in [1.82, 2.24) is 9.55 Å². The van der Waals surface area contributed by atoms with E-state index in [-0.39, 0.29) is 24.1 Å². The molecule has 0 bridgehead atoms. The zero-order chi connectivity index (χ0) is 25.4. The van der Waals surface area contributed by atoms with Crippen LogP contribution in [0.2, 0.25) is 0 Å². The Morgan fingerprint density at radius 1 is 1.03 bits per heavy atom. The van der Waals surface area contributed by atoms with Crippen LogP contribution >= 0.6 is 0 Å². The molecule has 0 radical (unpaired) electrons. The number of hydrogen-bond acceptors (Lipinski definition) is 5. The number of fused-ring (bicyclic) bond motifs is 3. The highest BCUT2D eigenvalue weighted by Crippen LogP contribution is 2.40. The van der Waals surface area contributed by atoms with Gasteiger partial charge in [0.25, 0.3) is 0 Å². The van der Waals surface area contributed by atoms with Gasteiger partial charge in [-0.05, 0) is 75.3 Å². The van der Waals surface area contributed by atoms with Gasteiger partial charge in [-0.3, -0.25) is 9.69 Å². The Labute approximate surface area is 210 Å². The number of rotatable bonds is 5. The summed E-state index contributed by atoms with van der Waals surface area (Å²) in [6.07, 6.45) is 4.93. The summed E-state index contributed by atoms with van der Waals surface area (Å²) in [6.45, 7) is 2.04. The summed E-state index contributed by atoms with van der Waals surface area (Å²) in [5.41, 5.74) is 5.05. The topological polar surface area (TPSA) is 93.9 Å². The third-order valence-corrected chi connectivity index (χ3v) is 7.83. The van der Waals surface area contributed by atoms with Crippen molar-refractivity contribution in [3.63, 3.8) is 0 Å². The maximum absolute atomic E-state index is 12.6. The Hall–Kier alpha value is -3.55. The van der Waals surface area contributed by atoms with Crippen LogP contribution in [-0.2, 0) is 22.4 Å². The average Bonchev–Trinajstić information content (AvgIpc) is 3.26. The molecular weight excluding hydrogens is 458 g/mol. The molecule has 8 nitrogen and oxygen atoms in total. The first-order chi connectivity index (χ1) is 17.4. The molecule has 1 aromatic heterocycles. The normalized spacial score (nSPS) is 21.8. The molecular formula is C28H33N3O5. The fourth-order valence-electron chi connectivity index (χ4n) is 5.86. The highest BCUT2D eigenvalue weighted by molar-refractivity contribution is 5.95. The van der Waals surface area contributed by atoms with Crippen LogP contribution in [-0.4, -0.2) is 47.0 Å². The number of carbonyl (C=O) groups is 2. The first-order valence-corrected chi connectivity index (χ1v) is 12.7. The molecule has 190 valence electrons. The molecule has 1 unspecified atom stereocenters. The molecule has 0 saturated heterocycles. The van der Waals surface area contributed by atoms with Gasteiger partial charge in [-0.15, -0.1) is 0 Å². The van der Waals surface area contributed by atoms with Gasteiger partial charge in [0, 0.05) is 24.1 Å². The molecule has 3 aromatic rings. The molecule has 1 aliphatic heterocycles. The van der Waals surface area contributed by atoms with Crippen molar-refractivity contribution in [3.05, 3.63) is 53.3 Å². The molecule has 36 heavy (non-hydrogen) atoms. The number of aryl methyl sites for hydroxylation is 1. The molecule has 1 amide bonds. The van der Waals surface area contributed by atoms with E-state index in [1.54, 1.807) is 12.0 Å². The number of imidazole rings is 1. The monoisotopic (exact) mass is 491 g/mol. The minimum Gasteiger partial charge on any atom is -0.497 e. The average molecular weight is 492 g/mol. The lowest BCUT2D eigenvalue weighted by atomic mass is 9.85. The summed E-state index contributed by atoms with van der Waals surface area (Å²) in [6, 6.07) is 12.3. The van der Waals surface area contributed by atoms with Gasteiger partial charge in [0.05, 0.1) is 36.9 Å². The quantitative estimate of drug-likeness (QED) is 0.516. The number of nitrogens with zero attached hydrogens (tertiary/aromatic N) is 3. The molecule has 8 heteroatoms. The Bertz CT molecular complexity index is 1270. The SMILES string of the molecule is COC(=O)N1c2ccc3c(nc(Cc4ccc(OC)cc4)n3C3CCC(C(=O)O)CC3)c2CCC1C. The van der Waals surface area contributed by atoms with Crippen LogP contribution < -0.4 is 9.64 Å². The molecule has 1 N–H and O–H groups in total. The maximum atomic E-state index is 12.6. The number of ether oxygens (including phenoxy) is 2. The number of hydrogen-bond donors (Lipinski definition) is 1. The lowest BCUT2D eigenvalue weighted by Crippen LogP contribution is -2.42. The van der Waals surface area contributed by atoms with Gasteiger partial charge in [0.1, 0.15) is 11.6 Å². The molecule has 2 aliphatic rings. The Kier molecular flexibility index (Phi) is 6.60. The number of carboxylic acid groups (broad SMARTS) is 1. The molecule has 2 heterocycles. The van der Waals surface area contributed by atoms with Crippen molar-refractivity contribution >= 4 is 28.8 Å². The number of carboxylic acids is 1. The Morgan fingerprint density at radius 3 is 2.39 bits per heavy atom. The van der Waals surface area contributed by atoms with E-state index in [1.807, 2.05) is 25.1 Å². The number of benzene rings is 2. The Balaban J connectivity index is 1.60. The van der Waals surface area contributed by atoms with Crippen LogP contribution in [0.15, 0.2) is 36.4 Å². The van der Waals surface area contributed by atoms with Gasteiger partial charge in [-0.2, -0.15) is 0 Å². The van der Waals surface area contributed by atoms with Crippen molar-refractivity contribution in [1.29, 1.82) is 0 Å². The van der Waals surface area contributed by atoms with E-state index in [0.717, 1.165) is 65.1 Å². The number of aliphatic carboxylic acids is 1. The summed E-state index contributed by atoms with van der Waals surface area (Å²) >= 11 is 0. The summed E-state index contributed by atoms with van der Waals surface area (Å²) in [5.74, 6) is 0.799. The Morgan fingerprint density at radius 2 is 1.75 bits per heavy atom. The fraction of sp³-hybridized carbons (Fsp3) is 0.464. The third-order valence-electron chi connectivity index (χ3n) is 7.83. The van der Waals surface area contributed by atoms with Crippen molar-refractivity contribution in [2.75, 3.05) is 19.1 Å². The minimum atomic E-state index is -0.700. The van der Waals surface area contributed by atoms with Crippen LogP contribution in [0.3, 0.4) is 0 Å². The van der Waals surface area contributed by atoms with E-state index in [4.69, 9.17) is 14.5 Å². The molecule has 0 spiro atoms. The maximum Gasteiger partial charge on any atom is 0.414 e. The fourth-order valence-corrected chi connectivity index (χ4v) is 5.86. The second kappa shape index (κ2) is 9.84. The van der Waals surface area contributed by atoms with Gasteiger partial charge in [-0.25, -0.2) is 9.78 Å². The molecule has 1 fully saturated rings. The van der Waals surface area contributed by atoms with Gasteiger partial charge in [-0.1, -0.05) is 12.1 Å². The summed E-state index contributed by atoms with van der Waals surface area (Å²) in [7, 11) is 3.07. The molecule has 1 saturated carbocycles. The van der Waals surface area contributed by atoms with Crippen LogP contribution in [0.4, 0.5) is 10.5 Å². The van der Waals surface area contributed by atoms with Crippen LogP contribution in [0.25, 0.3) is 11.0 Å². The third kappa shape index (κ3) is 4.29. The van der Waals surface area contributed by atoms with Gasteiger partial charge >= 0.3 is 12.1 Å². The lowest BCUT2D eigenvalue weighted by molar-refractivity contribution is -0.143. The smallest absolute Gasteiger partial charge is 0.414 e. The number of methoxy groups -OCH3 is 2. The van der Waals surface area contributed by atoms with E-state index in [1.165, 1.54) is 7.11 Å². The van der Waals surface area contributed by atoms with Gasteiger partial charge in [0.2, 0.25) is 0 Å². The van der Waals surface area contributed by atoms with Crippen LogP contribution in [0.1, 0.15) is 62.0 Å². The standard InChI is InChI=1S/C28H33N3O5/c1-17-4-13-22-23(30(17)28(34)36-3)14-15-24-26(22)29-25(16-18-5-11-21(35-2)12-6-18)31(24)20-9-7-19(8-10-20)27(32)33/h5-6,11-12,14-15,17,19-20H,4,7-10,13,16H2,1-3H3,(H,32,33). The zero-order valence-corrected chi connectivity index (χ0v) is 21.1. The lowest BCUT2D eigenvalue weighted by Gasteiger charge is -2.34. The predicted molar refractivity (Wildman–Crippen MR) is 137 cm³/mol. The van der Waals surface area contributed by atoms with Crippen molar-refractivity contribution in [2.24, 2.45) is 5.92 Å². The highest BCUT2D eigenvalue weighted by Gasteiger charge is 2.33. The van der Waals surface area contributed by atoms with E-state index in [9.17, 15) is 14.7 Å². The summed E-state index contributed by atoms with van der Waals surface area (Å²) in [5, 5.41) is 9.49. The van der Waals surface area contributed by atoms with E-state index in [2.05, 4.69) is 22.8 Å². The number of carbonyl (C=O) groups excluding carboxylic acids is 1. The molecule has 5 rings (SSSR count). The van der Waals surface area contributed by atoms with Crippen molar-refractivity contribution in [3.8, 4) is 5.75 Å². The van der Waals surface area contributed by atoms with Crippen molar-refractivity contribution in [2.45, 2.75) is 64.0 Å². The molecule has 1 aliphatic carbocycles. The first-order valence-electron chi connectivity index (χ1n) is 12.7. The number of amides is 1. The summed E-state index contributed by atoms with van der Waals surface area (Å²) in [4.78, 5) is 31.0. The molecule has 2 aromatic carbocycles. The number of aromatic nitrogens is 2. The minimum absolute atomic E-state index is 0.0505. The highest BCUT2D eigenvalue weighted by atomic mass is 16.5. The largest absolute Gasteiger partial charge is 0.497 e. The molecule has 1 atom stereocenters. The second-order valence-electron chi connectivity index (χ2n) is 9.93. The predicted octanol–water partition coefficient (Wildman–Crippen LogP) is 5.36. The van der Waals surface area contributed by atoms with Crippen molar-refractivity contribution < 1.29 is 24.2 Å². The van der Waals surface area contributed by atoms with E-state index >= 15 is 0 Å². The van der Waals surface area contributed by atoms with Gasteiger partial charge < -0.3 is 19.1 Å². The van der Waals surface area contributed by atoms with Gasteiger partial charge in [0.15, 0.2) is 0 Å². The van der Waals surface area contributed by atoms with E-state index < -0.39 is 5.97 Å². The summed E-state index contributed by atoms with van der Waals surface area (Å²) < 4.78 is 12.7. The van der Waals surface area contributed by atoms with Crippen LogP contribution in [0, 0.1) is 5.92 Å².